The molecule has 2 aromatic carbocycles. The summed E-state index contributed by atoms with van der Waals surface area (Å²) in [6.07, 6.45) is 4.65. The van der Waals surface area contributed by atoms with E-state index < -0.39 is 18.1 Å². The third-order valence-corrected chi connectivity index (χ3v) is 7.85. The number of hydrogen-bond acceptors (Lipinski definition) is 4. The number of benzene rings is 2. The van der Waals surface area contributed by atoms with Gasteiger partial charge in [0, 0.05) is 24.9 Å². The van der Waals surface area contributed by atoms with E-state index in [9.17, 15) is 19.5 Å². The van der Waals surface area contributed by atoms with Gasteiger partial charge in [-0.05, 0) is 53.9 Å². The molecule has 2 amide bonds. The highest BCUT2D eigenvalue weighted by Crippen LogP contribution is 2.44. The smallest absolute Gasteiger partial charge is 0.407 e. The minimum Gasteiger partial charge on any atom is -0.480 e. The number of carboxylic acids is 1. The van der Waals surface area contributed by atoms with Gasteiger partial charge in [0.15, 0.2) is 0 Å². The molecule has 1 saturated carbocycles. The molecule has 2 N–H and O–H groups in total. The quantitative estimate of drug-likeness (QED) is 0.638. The molecule has 184 valence electrons. The number of nitrogens with one attached hydrogen (secondary N) is 1. The van der Waals surface area contributed by atoms with Crippen LogP contribution in [0.25, 0.3) is 11.1 Å². The van der Waals surface area contributed by atoms with E-state index in [2.05, 4.69) is 29.6 Å². The van der Waals surface area contributed by atoms with Gasteiger partial charge in [0.05, 0.1) is 0 Å². The summed E-state index contributed by atoms with van der Waals surface area (Å²) in [6.45, 7) is 0.747. The second kappa shape index (κ2) is 10.1. The van der Waals surface area contributed by atoms with E-state index in [4.69, 9.17) is 4.74 Å². The molecule has 5 rings (SSSR count). The standard InChI is InChI=1S/C28H32N2O5/c31-26(30-15-7-14-25(30)27(32)33)16-18-8-1-6-13-24(18)29-28(34)35-17-23-21-11-4-2-9-19(21)20-10-3-5-12-22(20)23/h2-5,9-12,18,23-25H,1,6-8,13-17H2,(H,29,34)(H,32,33)/t18-,24-,25-/m1/s1. The van der Waals surface area contributed by atoms with E-state index >= 15 is 0 Å². The molecule has 1 heterocycles. The van der Waals surface area contributed by atoms with Crippen LogP contribution in [-0.2, 0) is 14.3 Å². The Kier molecular flexibility index (Phi) is 6.75. The SMILES string of the molecule is O=C(N[C@@H]1CCCC[C@@H]1CC(=O)N1CCC[C@@H]1C(=O)O)OCC1c2ccccc2-c2ccccc21. The summed E-state index contributed by atoms with van der Waals surface area (Å²) in [5.74, 6) is -1.07. The van der Waals surface area contributed by atoms with Gasteiger partial charge in [-0.25, -0.2) is 9.59 Å². The number of carbonyl (C=O) groups excluding carboxylic acids is 2. The Morgan fingerprint density at radius 3 is 2.26 bits per heavy atom. The highest BCUT2D eigenvalue weighted by Gasteiger charge is 2.37. The maximum atomic E-state index is 12.9. The summed E-state index contributed by atoms with van der Waals surface area (Å²) in [7, 11) is 0. The van der Waals surface area contributed by atoms with Crippen molar-refractivity contribution in [2.45, 2.75) is 62.9 Å². The topological polar surface area (TPSA) is 95.9 Å². The van der Waals surface area contributed by atoms with Crippen LogP contribution in [0.3, 0.4) is 0 Å². The molecule has 2 aromatic rings. The van der Waals surface area contributed by atoms with E-state index in [1.54, 1.807) is 0 Å². The lowest BCUT2D eigenvalue weighted by Gasteiger charge is -2.33. The molecule has 0 unspecified atom stereocenters. The summed E-state index contributed by atoms with van der Waals surface area (Å²) in [5, 5.41) is 12.4. The molecular formula is C28H32N2O5. The number of likely N-dealkylation sites (tertiary alicyclic amines) is 1. The van der Waals surface area contributed by atoms with E-state index in [-0.39, 0.29) is 36.8 Å². The van der Waals surface area contributed by atoms with E-state index in [1.165, 1.54) is 27.2 Å². The summed E-state index contributed by atoms with van der Waals surface area (Å²) in [6, 6.07) is 15.6. The van der Waals surface area contributed by atoms with Crippen LogP contribution in [0, 0.1) is 5.92 Å². The van der Waals surface area contributed by atoms with Crippen LogP contribution in [0.4, 0.5) is 4.79 Å². The number of amides is 2. The number of aliphatic carboxylic acids is 1. The fourth-order valence-electron chi connectivity index (χ4n) is 6.10. The van der Waals surface area contributed by atoms with Crippen LogP contribution in [0.2, 0.25) is 0 Å². The van der Waals surface area contributed by atoms with Gasteiger partial charge in [-0.15, -0.1) is 0 Å². The number of carboxylic acid groups (broad SMARTS) is 1. The summed E-state index contributed by atoms with van der Waals surface area (Å²) >= 11 is 0. The normalized spacial score (nSPS) is 23.4. The van der Waals surface area contributed by atoms with Crippen molar-refractivity contribution in [3.63, 3.8) is 0 Å². The Bertz CT molecular complexity index is 1070. The first-order valence-corrected chi connectivity index (χ1v) is 12.7. The fraction of sp³-hybridized carbons (Fsp3) is 0.464. The number of nitrogens with zero attached hydrogens (tertiary/aromatic N) is 1. The van der Waals surface area contributed by atoms with Gasteiger partial charge in [0.25, 0.3) is 0 Å². The van der Waals surface area contributed by atoms with Crippen molar-refractivity contribution in [2.24, 2.45) is 5.92 Å². The Morgan fingerprint density at radius 2 is 1.57 bits per heavy atom. The molecule has 3 atom stereocenters. The molecule has 7 heteroatoms. The Balaban J connectivity index is 1.20. The first kappa shape index (κ1) is 23.4. The van der Waals surface area contributed by atoms with E-state index in [0.717, 1.165) is 32.1 Å². The number of ether oxygens (including phenoxy) is 1. The lowest BCUT2D eigenvalue weighted by atomic mass is 9.82. The molecule has 2 fully saturated rings. The largest absolute Gasteiger partial charge is 0.480 e. The van der Waals surface area contributed by atoms with Gasteiger partial charge in [-0.2, -0.15) is 0 Å². The number of alkyl carbamates (subject to hydrolysis) is 1. The predicted octanol–water partition coefficient (Wildman–Crippen LogP) is 4.55. The minimum absolute atomic E-state index is 0.000000687. The van der Waals surface area contributed by atoms with Crippen molar-refractivity contribution in [2.75, 3.05) is 13.2 Å². The van der Waals surface area contributed by atoms with Crippen LogP contribution < -0.4 is 5.32 Å². The first-order valence-electron chi connectivity index (χ1n) is 12.7. The maximum Gasteiger partial charge on any atom is 0.407 e. The van der Waals surface area contributed by atoms with Gasteiger partial charge >= 0.3 is 12.1 Å². The molecule has 1 aliphatic heterocycles. The number of hydrogen-bond donors (Lipinski definition) is 2. The second-order valence-electron chi connectivity index (χ2n) is 9.91. The van der Waals surface area contributed by atoms with Crippen molar-refractivity contribution in [3.05, 3.63) is 59.7 Å². The molecule has 7 nitrogen and oxygen atoms in total. The van der Waals surface area contributed by atoms with Crippen molar-refractivity contribution < 1.29 is 24.2 Å². The molecule has 3 aliphatic rings. The molecular weight excluding hydrogens is 444 g/mol. The number of fused-ring (bicyclic) bond motifs is 3. The number of carbonyl (C=O) groups is 3. The zero-order valence-corrected chi connectivity index (χ0v) is 19.8. The lowest BCUT2D eigenvalue weighted by Crippen LogP contribution is -2.46. The average molecular weight is 477 g/mol. The van der Waals surface area contributed by atoms with Gasteiger partial charge in [-0.3, -0.25) is 4.79 Å². The monoisotopic (exact) mass is 476 g/mol. The summed E-state index contributed by atoms with van der Waals surface area (Å²) in [5.41, 5.74) is 4.71. The summed E-state index contributed by atoms with van der Waals surface area (Å²) in [4.78, 5) is 38.7. The van der Waals surface area contributed by atoms with Crippen LogP contribution >= 0.6 is 0 Å². The second-order valence-corrected chi connectivity index (χ2v) is 9.91. The van der Waals surface area contributed by atoms with Crippen LogP contribution in [0.5, 0.6) is 0 Å². The third kappa shape index (κ3) is 4.77. The van der Waals surface area contributed by atoms with Crippen molar-refractivity contribution in [3.8, 4) is 11.1 Å². The fourth-order valence-corrected chi connectivity index (χ4v) is 6.10. The zero-order valence-electron chi connectivity index (χ0n) is 19.8. The lowest BCUT2D eigenvalue weighted by molar-refractivity contribution is -0.148. The molecule has 0 bridgehead atoms. The molecule has 0 aromatic heterocycles. The first-order chi connectivity index (χ1) is 17.0. The average Bonchev–Trinajstić information content (AvgIpc) is 3.48. The van der Waals surface area contributed by atoms with Crippen LogP contribution in [0.1, 0.15) is 62.0 Å². The van der Waals surface area contributed by atoms with Gasteiger partial charge in [0.2, 0.25) is 5.91 Å². The van der Waals surface area contributed by atoms with Gasteiger partial charge in [-0.1, -0.05) is 61.4 Å². The molecule has 1 saturated heterocycles. The van der Waals surface area contributed by atoms with Crippen molar-refractivity contribution >= 4 is 18.0 Å². The van der Waals surface area contributed by atoms with Crippen molar-refractivity contribution in [1.29, 1.82) is 0 Å². The Hall–Kier alpha value is -3.35. The minimum atomic E-state index is -0.937. The van der Waals surface area contributed by atoms with Gasteiger partial charge in [0.1, 0.15) is 12.6 Å². The predicted molar refractivity (Wildman–Crippen MR) is 131 cm³/mol. The maximum absolute atomic E-state index is 12.9. The van der Waals surface area contributed by atoms with Gasteiger partial charge < -0.3 is 20.1 Å². The molecule has 35 heavy (non-hydrogen) atoms. The Labute approximate surface area is 205 Å². The highest BCUT2D eigenvalue weighted by molar-refractivity contribution is 5.84. The van der Waals surface area contributed by atoms with Crippen LogP contribution in [-0.4, -0.2) is 53.2 Å². The third-order valence-electron chi connectivity index (χ3n) is 7.85. The van der Waals surface area contributed by atoms with E-state index in [1.807, 2.05) is 24.3 Å². The molecule has 2 aliphatic carbocycles. The number of rotatable bonds is 6. The summed E-state index contributed by atoms with van der Waals surface area (Å²) < 4.78 is 5.72. The van der Waals surface area contributed by atoms with E-state index in [0.29, 0.717) is 13.0 Å². The highest BCUT2D eigenvalue weighted by atomic mass is 16.5. The zero-order chi connectivity index (χ0) is 24.4. The Morgan fingerprint density at radius 1 is 0.914 bits per heavy atom. The van der Waals surface area contributed by atoms with Crippen molar-refractivity contribution in [1.82, 2.24) is 10.2 Å². The molecule has 0 spiro atoms. The molecule has 0 radical (unpaired) electrons. The van der Waals surface area contributed by atoms with Crippen LogP contribution in [0.15, 0.2) is 48.5 Å².